The van der Waals surface area contributed by atoms with Gasteiger partial charge in [-0.05, 0) is 88.4 Å². The summed E-state index contributed by atoms with van der Waals surface area (Å²) in [5, 5.41) is 0.352. The van der Waals surface area contributed by atoms with E-state index in [1.54, 1.807) is 0 Å². The highest BCUT2D eigenvalue weighted by Gasteiger charge is 2.47. The Morgan fingerprint density at radius 2 is 1.47 bits per heavy atom. The van der Waals surface area contributed by atoms with Crippen molar-refractivity contribution in [2.45, 2.75) is 120 Å². The Kier molecular flexibility index (Phi) is 9.20. The fraction of sp³-hybridized carbons (Fsp3) is 0.933. The summed E-state index contributed by atoms with van der Waals surface area (Å²) >= 11 is 6.39. The van der Waals surface area contributed by atoms with Crippen molar-refractivity contribution in [1.29, 1.82) is 0 Å². The molecular weight excluding hydrogens is 470 g/mol. The first kappa shape index (κ1) is 26.8. The number of piperidine rings is 1. The smallest absolute Gasteiger partial charge is 0.239 e. The summed E-state index contributed by atoms with van der Waals surface area (Å²) in [7, 11) is 2.00. The van der Waals surface area contributed by atoms with E-state index in [1.807, 2.05) is 11.9 Å². The van der Waals surface area contributed by atoms with Crippen molar-refractivity contribution < 1.29 is 9.59 Å². The molecule has 0 bridgehead atoms. The van der Waals surface area contributed by atoms with Crippen LogP contribution in [0.5, 0.6) is 0 Å². The van der Waals surface area contributed by atoms with Crippen LogP contribution >= 0.6 is 11.6 Å². The van der Waals surface area contributed by atoms with E-state index < -0.39 is 0 Å². The van der Waals surface area contributed by atoms with Crippen LogP contribution in [0.2, 0.25) is 0 Å². The Balaban J connectivity index is 1.15. The number of hydrogen-bond donors (Lipinski definition) is 0. The molecule has 3 saturated carbocycles. The summed E-state index contributed by atoms with van der Waals surface area (Å²) < 4.78 is 0. The number of halogens is 1. The number of carbonyl (C=O) groups excluding carboxylic acids is 2. The first-order valence-corrected chi connectivity index (χ1v) is 15.9. The molecule has 3 atom stereocenters. The summed E-state index contributed by atoms with van der Waals surface area (Å²) in [6.07, 6.45) is 19.2. The van der Waals surface area contributed by atoms with Crippen LogP contribution in [0.3, 0.4) is 0 Å². The first-order chi connectivity index (χ1) is 17.5. The monoisotopic (exact) mass is 519 g/mol. The van der Waals surface area contributed by atoms with Crippen LogP contribution in [0.15, 0.2) is 0 Å². The van der Waals surface area contributed by atoms with Gasteiger partial charge >= 0.3 is 0 Å². The van der Waals surface area contributed by atoms with E-state index in [0.717, 1.165) is 58.3 Å². The number of nitrogens with zero attached hydrogens (tertiary/aromatic N) is 3. The van der Waals surface area contributed by atoms with Gasteiger partial charge in [0.05, 0.1) is 6.04 Å². The zero-order valence-electron chi connectivity index (χ0n) is 22.7. The zero-order valence-corrected chi connectivity index (χ0v) is 23.5. The molecule has 3 unspecified atom stereocenters. The quantitative estimate of drug-likeness (QED) is 0.423. The summed E-state index contributed by atoms with van der Waals surface area (Å²) in [5.41, 5.74) is 0. The van der Waals surface area contributed by atoms with Gasteiger partial charge in [0.2, 0.25) is 11.8 Å². The standard InChI is InChI=1S/C30H50ClN3O2/c1-32(20-22-7-3-2-4-8-22)29(35)24-15-17-33(18-16-24)30(36)28-19-25-9-5-6-10-27(25)34(28)21-23-11-13-26(31)14-12-23/h22-28H,2-21H2,1H3. The molecule has 0 radical (unpaired) electrons. The number of amides is 2. The number of hydrogen-bond acceptors (Lipinski definition) is 3. The van der Waals surface area contributed by atoms with Crippen molar-refractivity contribution in [2.24, 2.45) is 23.7 Å². The number of rotatable bonds is 6. The number of likely N-dealkylation sites (tertiary alicyclic amines) is 2. The van der Waals surface area contributed by atoms with E-state index in [2.05, 4.69) is 9.80 Å². The molecule has 5 fully saturated rings. The largest absolute Gasteiger partial charge is 0.345 e. The minimum atomic E-state index is 0.0630. The molecule has 0 spiro atoms. The van der Waals surface area contributed by atoms with E-state index in [9.17, 15) is 9.59 Å². The third-order valence-corrected chi connectivity index (χ3v) is 11.0. The predicted octanol–water partition coefficient (Wildman–Crippen LogP) is 5.69. The lowest BCUT2D eigenvalue weighted by atomic mass is 9.84. The van der Waals surface area contributed by atoms with Crippen molar-refractivity contribution >= 4 is 23.4 Å². The van der Waals surface area contributed by atoms with E-state index in [1.165, 1.54) is 70.6 Å². The lowest BCUT2D eigenvalue weighted by Gasteiger charge is -2.40. The summed E-state index contributed by atoms with van der Waals surface area (Å²) in [5.74, 6) is 2.85. The molecule has 36 heavy (non-hydrogen) atoms. The normalized spacial score (nSPS) is 34.9. The number of fused-ring (bicyclic) bond motifs is 1. The van der Waals surface area contributed by atoms with Crippen LogP contribution in [0.4, 0.5) is 0 Å². The molecule has 204 valence electrons. The first-order valence-electron chi connectivity index (χ1n) is 15.4. The SMILES string of the molecule is CN(CC1CCCCC1)C(=O)C1CCN(C(=O)C2CC3CCCCC3N2CC2CCC(Cl)CC2)CC1. The molecule has 5 nitrogen and oxygen atoms in total. The van der Waals surface area contributed by atoms with Crippen molar-refractivity contribution in [2.75, 3.05) is 33.2 Å². The molecule has 0 aromatic carbocycles. The lowest BCUT2D eigenvalue weighted by molar-refractivity contribution is -0.143. The van der Waals surface area contributed by atoms with Gasteiger partial charge in [-0.15, -0.1) is 11.6 Å². The Bertz CT molecular complexity index is 740. The topological polar surface area (TPSA) is 43.9 Å². The minimum Gasteiger partial charge on any atom is -0.345 e. The van der Waals surface area contributed by atoms with Crippen molar-refractivity contribution in [1.82, 2.24) is 14.7 Å². The van der Waals surface area contributed by atoms with E-state index in [-0.39, 0.29) is 12.0 Å². The minimum absolute atomic E-state index is 0.0630. The molecule has 5 aliphatic rings. The van der Waals surface area contributed by atoms with Gasteiger partial charge in [0, 0.05) is 50.6 Å². The van der Waals surface area contributed by atoms with Gasteiger partial charge in [-0.3, -0.25) is 14.5 Å². The number of alkyl halides is 1. The van der Waals surface area contributed by atoms with Gasteiger partial charge in [-0.2, -0.15) is 0 Å². The fourth-order valence-electron chi connectivity index (χ4n) is 8.38. The van der Waals surface area contributed by atoms with Crippen molar-refractivity contribution in [3.8, 4) is 0 Å². The zero-order chi connectivity index (χ0) is 25.1. The maximum absolute atomic E-state index is 13.9. The Morgan fingerprint density at radius 1 is 0.806 bits per heavy atom. The fourth-order valence-corrected chi connectivity index (χ4v) is 8.63. The number of carbonyl (C=O) groups is 2. The van der Waals surface area contributed by atoms with Crippen LogP contribution in [-0.4, -0.2) is 77.2 Å². The van der Waals surface area contributed by atoms with Crippen LogP contribution in [0.25, 0.3) is 0 Å². The third-order valence-electron chi connectivity index (χ3n) is 10.5. The van der Waals surface area contributed by atoms with Crippen molar-refractivity contribution in [3.05, 3.63) is 0 Å². The van der Waals surface area contributed by atoms with E-state index >= 15 is 0 Å². The molecule has 2 aliphatic heterocycles. The third kappa shape index (κ3) is 6.25. The Hall–Kier alpha value is -0.810. The second-order valence-electron chi connectivity index (χ2n) is 13.0. The maximum Gasteiger partial charge on any atom is 0.239 e. The molecule has 0 aromatic rings. The van der Waals surface area contributed by atoms with Crippen LogP contribution in [0.1, 0.15) is 103 Å². The molecular formula is C30H50ClN3O2. The summed E-state index contributed by atoms with van der Waals surface area (Å²) in [4.78, 5) is 33.9. The molecule has 2 saturated heterocycles. The highest BCUT2D eigenvalue weighted by molar-refractivity contribution is 6.20. The average Bonchev–Trinajstić information content (AvgIpc) is 3.28. The van der Waals surface area contributed by atoms with E-state index in [0.29, 0.717) is 41.0 Å². The average molecular weight is 520 g/mol. The van der Waals surface area contributed by atoms with Gasteiger partial charge in [0.25, 0.3) is 0 Å². The highest BCUT2D eigenvalue weighted by atomic mass is 35.5. The maximum atomic E-state index is 13.9. The molecule has 0 N–H and O–H groups in total. The Morgan fingerprint density at radius 3 is 2.19 bits per heavy atom. The van der Waals surface area contributed by atoms with Gasteiger partial charge in [-0.1, -0.05) is 32.1 Å². The molecule has 2 amide bonds. The van der Waals surface area contributed by atoms with Crippen LogP contribution in [0, 0.1) is 23.7 Å². The molecule has 6 heteroatoms. The second-order valence-corrected chi connectivity index (χ2v) is 13.6. The van der Waals surface area contributed by atoms with Gasteiger partial charge in [-0.25, -0.2) is 0 Å². The molecule has 3 aliphatic carbocycles. The molecule has 5 rings (SSSR count). The van der Waals surface area contributed by atoms with E-state index in [4.69, 9.17) is 11.6 Å². The van der Waals surface area contributed by atoms with Crippen molar-refractivity contribution in [3.63, 3.8) is 0 Å². The van der Waals surface area contributed by atoms with Gasteiger partial charge < -0.3 is 9.80 Å². The predicted molar refractivity (Wildman–Crippen MR) is 146 cm³/mol. The Labute approximate surface area is 224 Å². The highest BCUT2D eigenvalue weighted by Crippen LogP contribution is 2.42. The summed E-state index contributed by atoms with van der Waals surface area (Å²) in [6.45, 7) is 3.51. The van der Waals surface area contributed by atoms with Gasteiger partial charge in [0.1, 0.15) is 0 Å². The lowest BCUT2D eigenvalue weighted by Crippen LogP contribution is -2.52. The summed E-state index contributed by atoms with van der Waals surface area (Å²) in [6, 6.07) is 0.669. The van der Waals surface area contributed by atoms with Gasteiger partial charge in [0.15, 0.2) is 0 Å². The second kappa shape index (κ2) is 12.4. The van der Waals surface area contributed by atoms with Crippen LogP contribution in [-0.2, 0) is 9.59 Å². The van der Waals surface area contributed by atoms with Crippen LogP contribution < -0.4 is 0 Å². The molecule has 2 heterocycles. The molecule has 0 aromatic heterocycles.